The summed E-state index contributed by atoms with van der Waals surface area (Å²) in [5.41, 5.74) is -1.81. The molecule has 0 spiro atoms. The molecule has 5 nitrogen and oxygen atoms in total. The van der Waals surface area contributed by atoms with Crippen molar-refractivity contribution in [3.05, 3.63) is 23.0 Å². The van der Waals surface area contributed by atoms with Crippen LogP contribution in [0.1, 0.15) is 51.4 Å². The fourth-order valence-electron chi connectivity index (χ4n) is 3.72. The van der Waals surface area contributed by atoms with E-state index in [2.05, 4.69) is 0 Å². The van der Waals surface area contributed by atoms with Crippen molar-refractivity contribution in [2.24, 2.45) is 0 Å². The number of carboxylic acid groups (broad SMARTS) is 1. The van der Waals surface area contributed by atoms with E-state index in [9.17, 15) is 14.7 Å². The highest BCUT2D eigenvalue weighted by molar-refractivity contribution is 6.32. The van der Waals surface area contributed by atoms with E-state index in [1.54, 1.807) is 0 Å². The van der Waals surface area contributed by atoms with Crippen LogP contribution < -0.4 is 9.64 Å². The van der Waals surface area contributed by atoms with Gasteiger partial charge >= 0.3 is 11.9 Å². The van der Waals surface area contributed by atoms with Gasteiger partial charge in [0.15, 0.2) is 5.82 Å². The molecule has 2 saturated carbocycles. The maximum atomic E-state index is 15.1. The zero-order chi connectivity index (χ0) is 19.6. The second-order valence-electron chi connectivity index (χ2n) is 7.06. The first-order valence-corrected chi connectivity index (χ1v) is 9.47. The van der Waals surface area contributed by atoms with Gasteiger partial charge in [-0.1, -0.05) is 30.9 Å². The first-order chi connectivity index (χ1) is 12.9. The maximum Gasteiger partial charge on any atom is 0.330 e. The minimum atomic E-state index is -1.58. The fraction of sp³-hybridized carbons (Fsp3) is 0.500. The van der Waals surface area contributed by atoms with E-state index in [-0.39, 0.29) is 35.4 Å². The molecule has 1 N–H and O–H groups in total. The minimum absolute atomic E-state index is 0.0000928. The third-order valence-corrected chi connectivity index (χ3v) is 5.80. The standard InChI is InChI=1S/C20H21ClFNO4/c1-2-16(24)23(20(19(25)26)11-4-3-5-12-20)14-9-10-15(17(21)18(14)22)27-13-7-6-8-13/h1,9-10,13H,3-8,11-12H2,(H,25,26). The van der Waals surface area contributed by atoms with E-state index >= 15 is 4.39 Å². The number of benzene rings is 1. The van der Waals surface area contributed by atoms with Crippen LogP contribution in [0.25, 0.3) is 0 Å². The number of nitrogens with zero attached hydrogens (tertiary/aromatic N) is 1. The number of hydrogen-bond donors (Lipinski definition) is 1. The second-order valence-corrected chi connectivity index (χ2v) is 7.44. The third kappa shape index (κ3) is 3.49. The van der Waals surface area contributed by atoms with Crippen LogP contribution in [0.3, 0.4) is 0 Å². The lowest BCUT2D eigenvalue weighted by molar-refractivity contribution is -0.146. The lowest BCUT2D eigenvalue weighted by Gasteiger charge is -2.42. The first-order valence-electron chi connectivity index (χ1n) is 9.09. The molecule has 1 amide bonds. The number of rotatable bonds is 5. The maximum absolute atomic E-state index is 15.1. The molecule has 0 saturated heterocycles. The van der Waals surface area contributed by atoms with Gasteiger partial charge in [0.1, 0.15) is 16.3 Å². The Morgan fingerprint density at radius 1 is 1.26 bits per heavy atom. The van der Waals surface area contributed by atoms with Crippen molar-refractivity contribution in [2.75, 3.05) is 4.90 Å². The SMILES string of the molecule is C#CC(=O)N(c1ccc(OC2CCC2)c(Cl)c1F)C1(C(=O)O)CCCCC1. The topological polar surface area (TPSA) is 66.8 Å². The molecule has 1 aromatic carbocycles. The number of carbonyl (C=O) groups excluding carboxylic acids is 1. The molecule has 27 heavy (non-hydrogen) atoms. The largest absolute Gasteiger partial charge is 0.489 e. The van der Waals surface area contributed by atoms with Gasteiger partial charge in [-0.2, -0.15) is 0 Å². The van der Waals surface area contributed by atoms with Gasteiger partial charge in [-0.15, -0.1) is 6.42 Å². The van der Waals surface area contributed by atoms with Gasteiger partial charge in [0.25, 0.3) is 0 Å². The van der Waals surface area contributed by atoms with Crippen molar-refractivity contribution in [3.8, 4) is 18.1 Å². The Morgan fingerprint density at radius 3 is 2.44 bits per heavy atom. The molecule has 0 bridgehead atoms. The quantitative estimate of drug-likeness (QED) is 0.762. The van der Waals surface area contributed by atoms with Crippen molar-refractivity contribution in [3.63, 3.8) is 0 Å². The Hall–Kier alpha value is -2.26. The Kier molecular flexibility index (Phi) is 5.61. The van der Waals surface area contributed by atoms with Gasteiger partial charge < -0.3 is 9.84 Å². The Morgan fingerprint density at radius 2 is 1.93 bits per heavy atom. The zero-order valence-electron chi connectivity index (χ0n) is 14.8. The molecule has 3 rings (SSSR count). The van der Waals surface area contributed by atoms with E-state index in [1.165, 1.54) is 12.1 Å². The molecule has 2 fully saturated rings. The number of aliphatic carboxylic acids is 1. The van der Waals surface area contributed by atoms with Crippen LogP contribution in [0, 0.1) is 18.2 Å². The molecular weight excluding hydrogens is 373 g/mol. The minimum Gasteiger partial charge on any atom is -0.489 e. The summed E-state index contributed by atoms with van der Waals surface area (Å²) in [4.78, 5) is 25.5. The Bertz CT molecular complexity index is 794. The summed E-state index contributed by atoms with van der Waals surface area (Å²) in [6, 6.07) is 2.79. The summed E-state index contributed by atoms with van der Waals surface area (Å²) in [7, 11) is 0. The molecule has 0 atom stereocenters. The van der Waals surface area contributed by atoms with Crippen LogP contribution in [0.2, 0.25) is 5.02 Å². The monoisotopic (exact) mass is 393 g/mol. The molecule has 0 aliphatic heterocycles. The normalized spacial score (nSPS) is 18.9. The summed E-state index contributed by atoms with van der Waals surface area (Å²) in [5, 5.41) is 9.62. The average Bonchev–Trinajstić information content (AvgIpc) is 2.63. The molecule has 144 valence electrons. The number of halogens is 2. The van der Waals surface area contributed by atoms with E-state index in [0.29, 0.717) is 12.8 Å². The fourth-order valence-corrected chi connectivity index (χ4v) is 3.93. The highest BCUT2D eigenvalue weighted by Gasteiger charge is 2.49. The van der Waals surface area contributed by atoms with E-state index in [0.717, 1.165) is 30.6 Å². The van der Waals surface area contributed by atoms with Gasteiger partial charge in [0.2, 0.25) is 0 Å². The summed E-state index contributed by atoms with van der Waals surface area (Å²) in [6.07, 6.45) is 10.6. The van der Waals surface area contributed by atoms with Crippen LogP contribution in [-0.2, 0) is 9.59 Å². The molecule has 2 aliphatic rings. The lowest BCUT2D eigenvalue weighted by Crippen LogP contribution is -2.58. The first kappa shape index (κ1) is 19.5. The predicted molar refractivity (Wildman–Crippen MR) is 99.4 cm³/mol. The van der Waals surface area contributed by atoms with E-state index in [4.69, 9.17) is 22.8 Å². The van der Waals surface area contributed by atoms with Gasteiger partial charge in [-0.05, 0) is 50.2 Å². The van der Waals surface area contributed by atoms with Crippen molar-refractivity contribution in [2.45, 2.75) is 63.0 Å². The van der Waals surface area contributed by atoms with Crippen LogP contribution in [0.5, 0.6) is 5.75 Å². The number of hydrogen-bond acceptors (Lipinski definition) is 3. The molecule has 0 unspecified atom stereocenters. The molecule has 0 heterocycles. The van der Waals surface area contributed by atoms with Crippen LogP contribution >= 0.6 is 11.6 Å². The van der Waals surface area contributed by atoms with Gasteiger partial charge in [0, 0.05) is 0 Å². The zero-order valence-corrected chi connectivity index (χ0v) is 15.6. The number of terminal acetylenes is 1. The van der Waals surface area contributed by atoms with Crippen molar-refractivity contribution >= 4 is 29.2 Å². The van der Waals surface area contributed by atoms with Crippen molar-refractivity contribution in [1.82, 2.24) is 0 Å². The van der Waals surface area contributed by atoms with Gasteiger partial charge in [-0.3, -0.25) is 9.69 Å². The Balaban J connectivity index is 2.05. The molecule has 2 aliphatic carbocycles. The highest BCUT2D eigenvalue weighted by atomic mass is 35.5. The smallest absolute Gasteiger partial charge is 0.330 e. The summed E-state index contributed by atoms with van der Waals surface area (Å²) in [6.45, 7) is 0. The van der Waals surface area contributed by atoms with Crippen molar-refractivity contribution < 1.29 is 23.8 Å². The summed E-state index contributed by atoms with van der Waals surface area (Å²) >= 11 is 6.14. The van der Waals surface area contributed by atoms with Crippen molar-refractivity contribution in [1.29, 1.82) is 0 Å². The second kappa shape index (κ2) is 7.77. The van der Waals surface area contributed by atoms with Crippen LogP contribution in [0.15, 0.2) is 12.1 Å². The summed E-state index contributed by atoms with van der Waals surface area (Å²) < 4.78 is 20.8. The van der Waals surface area contributed by atoms with Gasteiger partial charge in [-0.25, -0.2) is 9.18 Å². The van der Waals surface area contributed by atoms with E-state index < -0.39 is 23.2 Å². The number of ether oxygens (including phenoxy) is 1. The molecule has 7 heteroatoms. The lowest BCUT2D eigenvalue weighted by atomic mass is 9.79. The van der Waals surface area contributed by atoms with Gasteiger partial charge in [0.05, 0.1) is 11.8 Å². The third-order valence-electron chi connectivity index (χ3n) is 5.45. The molecule has 0 radical (unpaired) electrons. The average molecular weight is 394 g/mol. The van der Waals surface area contributed by atoms with Crippen LogP contribution in [0.4, 0.5) is 10.1 Å². The predicted octanol–water partition coefficient (Wildman–Crippen LogP) is 4.16. The van der Waals surface area contributed by atoms with E-state index in [1.807, 2.05) is 5.92 Å². The molecule has 1 aromatic rings. The summed E-state index contributed by atoms with van der Waals surface area (Å²) in [5.74, 6) is -0.880. The van der Waals surface area contributed by atoms with Crippen LogP contribution in [-0.4, -0.2) is 28.6 Å². The number of carboxylic acids is 1. The highest BCUT2D eigenvalue weighted by Crippen LogP contribution is 2.42. The number of amides is 1. The number of anilines is 1. The molecule has 0 aromatic heterocycles. The Labute approximate surface area is 162 Å². The number of carbonyl (C=O) groups is 2. The molecular formula is C20H21ClFNO4.